The molecule has 0 spiro atoms. The Hall–Kier alpha value is -4.37. The highest BCUT2D eigenvalue weighted by molar-refractivity contribution is 5.84. The third-order valence-corrected chi connectivity index (χ3v) is 10.7. The van der Waals surface area contributed by atoms with E-state index in [4.69, 9.17) is 0 Å². The molecule has 0 saturated heterocycles. The number of benzene rings is 4. The van der Waals surface area contributed by atoms with E-state index in [2.05, 4.69) is 157 Å². The Morgan fingerprint density at radius 2 is 1.26 bits per heavy atom. The van der Waals surface area contributed by atoms with Crippen LogP contribution in [0.3, 0.4) is 0 Å². The predicted molar refractivity (Wildman–Crippen MR) is 196 cm³/mol. The van der Waals surface area contributed by atoms with Crippen molar-refractivity contribution in [1.29, 1.82) is 0 Å². The monoisotopic (exact) mass is 624 g/mol. The van der Waals surface area contributed by atoms with E-state index >= 15 is 4.39 Å². The van der Waals surface area contributed by atoms with E-state index in [0.29, 0.717) is 6.42 Å². The number of hydrogen-bond donors (Lipinski definition) is 0. The third kappa shape index (κ3) is 5.75. The number of aromatic nitrogens is 2. The molecule has 6 rings (SSSR count). The van der Waals surface area contributed by atoms with Gasteiger partial charge in [0.25, 0.3) is 0 Å². The first-order valence-corrected chi connectivity index (χ1v) is 17.1. The number of nitrogens with zero attached hydrogens (tertiary/aromatic N) is 2. The molecule has 0 saturated carbocycles. The van der Waals surface area contributed by atoms with E-state index in [9.17, 15) is 0 Å². The zero-order chi connectivity index (χ0) is 33.7. The molecule has 4 aromatic carbocycles. The predicted octanol–water partition coefficient (Wildman–Crippen LogP) is 10.5. The van der Waals surface area contributed by atoms with Crippen molar-refractivity contribution in [2.75, 3.05) is 0 Å². The maximum absolute atomic E-state index is 16.4. The number of hydrogen-bond acceptors (Lipinski definition) is 0. The second-order valence-corrected chi connectivity index (χ2v) is 14.0. The molecule has 0 amide bonds. The summed E-state index contributed by atoms with van der Waals surface area (Å²) in [5.74, 6) is 0.250. The maximum atomic E-state index is 16.4. The van der Waals surface area contributed by atoms with Gasteiger partial charge in [-0.25, -0.2) is 4.39 Å². The molecule has 0 aliphatic rings. The van der Waals surface area contributed by atoms with Crippen LogP contribution in [-0.2, 0) is 20.5 Å². The van der Waals surface area contributed by atoms with Crippen LogP contribution in [0.5, 0.6) is 0 Å². The minimum Gasteiger partial charge on any atom is -0.206 e. The molecule has 2 aromatic heterocycles. The standard InChI is InChI=1S/C44H49FN2/c1-11-33-35-17-20-42(39-23-27(3)21-29(5)32(39)8)47(10)43(35)25-38(44(33)45)31(7)24-30(6)34-13-12-14-40-36(34)18-19-41(46(40)9)37-22-26(2)15-16-28(37)4/h12-23,25,30-31H,11,24H2,1-10H3/q+2. The van der Waals surface area contributed by atoms with E-state index in [-0.39, 0.29) is 17.7 Å². The molecule has 0 radical (unpaired) electrons. The van der Waals surface area contributed by atoms with E-state index < -0.39 is 0 Å². The normalized spacial score (nSPS) is 13.0. The molecule has 0 N–H and O–H groups in total. The Labute approximate surface area is 280 Å². The second-order valence-electron chi connectivity index (χ2n) is 14.0. The summed E-state index contributed by atoms with van der Waals surface area (Å²) in [4.78, 5) is 0. The lowest BCUT2D eigenvalue weighted by Gasteiger charge is -2.21. The molecule has 6 aromatic rings. The van der Waals surface area contributed by atoms with Crippen molar-refractivity contribution < 1.29 is 13.5 Å². The molecule has 240 valence electrons. The molecule has 2 atom stereocenters. The van der Waals surface area contributed by atoms with Crippen LogP contribution in [-0.4, -0.2) is 0 Å². The highest BCUT2D eigenvalue weighted by atomic mass is 19.1. The number of rotatable bonds is 7. The SMILES string of the molecule is CCc1c(F)c(C(C)CC(C)c2cccc3c2ccc(-c2cc(C)ccc2C)[n+]3C)cc2c1ccc(-c1cc(C)cc(C)c1C)[n+]2C. The molecule has 0 aliphatic heterocycles. The maximum Gasteiger partial charge on any atom is 0.213 e. The van der Waals surface area contributed by atoms with Crippen molar-refractivity contribution in [2.24, 2.45) is 14.1 Å². The van der Waals surface area contributed by atoms with Gasteiger partial charge in [0.15, 0.2) is 0 Å². The van der Waals surface area contributed by atoms with Gasteiger partial charge in [0.2, 0.25) is 22.4 Å². The summed E-state index contributed by atoms with van der Waals surface area (Å²) in [6, 6.07) is 28.8. The molecule has 0 fully saturated rings. The fourth-order valence-corrected chi connectivity index (χ4v) is 7.83. The largest absolute Gasteiger partial charge is 0.213 e. The first-order chi connectivity index (χ1) is 22.4. The third-order valence-electron chi connectivity index (χ3n) is 10.7. The van der Waals surface area contributed by atoms with E-state index in [0.717, 1.165) is 34.1 Å². The molecular weight excluding hydrogens is 575 g/mol. The van der Waals surface area contributed by atoms with E-state index in [1.165, 1.54) is 61.1 Å². The van der Waals surface area contributed by atoms with Crippen LogP contribution >= 0.6 is 0 Å². The van der Waals surface area contributed by atoms with Gasteiger partial charge in [0.05, 0.1) is 5.39 Å². The molecule has 0 bridgehead atoms. The lowest BCUT2D eigenvalue weighted by molar-refractivity contribution is -0.633. The van der Waals surface area contributed by atoms with Gasteiger partial charge in [-0.3, -0.25) is 0 Å². The molecule has 47 heavy (non-hydrogen) atoms. The topological polar surface area (TPSA) is 7.76 Å². The fraction of sp³-hybridized carbons (Fsp3) is 0.318. The lowest BCUT2D eigenvalue weighted by atomic mass is 9.84. The van der Waals surface area contributed by atoms with Crippen molar-refractivity contribution in [3.63, 3.8) is 0 Å². The van der Waals surface area contributed by atoms with Crippen LogP contribution in [0.1, 0.15) is 83.5 Å². The fourth-order valence-electron chi connectivity index (χ4n) is 7.83. The minimum absolute atomic E-state index is 0.0440. The minimum atomic E-state index is -0.0440. The first-order valence-electron chi connectivity index (χ1n) is 17.1. The molecule has 2 nitrogen and oxygen atoms in total. The summed E-state index contributed by atoms with van der Waals surface area (Å²) in [6.07, 6.45) is 1.51. The second kappa shape index (κ2) is 12.7. The summed E-state index contributed by atoms with van der Waals surface area (Å²) < 4.78 is 21.0. The zero-order valence-corrected chi connectivity index (χ0v) is 29.8. The van der Waals surface area contributed by atoms with Crippen LogP contribution in [0.15, 0.2) is 78.9 Å². The van der Waals surface area contributed by atoms with Crippen LogP contribution in [0.2, 0.25) is 0 Å². The van der Waals surface area contributed by atoms with Gasteiger partial charge in [-0.05, 0) is 111 Å². The summed E-state index contributed by atoms with van der Waals surface area (Å²) in [7, 11) is 4.30. The van der Waals surface area contributed by atoms with Gasteiger partial charge in [0.1, 0.15) is 19.9 Å². The first kappa shape index (κ1) is 32.6. The Bertz CT molecular complexity index is 2170. The lowest BCUT2D eigenvalue weighted by Crippen LogP contribution is -2.33. The van der Waals surface area contributed by atoms with Crippen molar-refractivity contribution in [1.82, 2.24) is 0 Å². The van der Waals surface area contributed by atoms with E-state index in [1.807, 2.05) is 0 Å². The number of pyridine rings is 2. The van der Waals surface area contributed by atoms with E-state index in [1.54, 1.807) is 0 Å². The summed E-state index contributed by atoms with van der Waals surface area (Å²) in [6.45, 7) is 17.4. The Kier molecular flexibility index (Phi) is 8.78. The van der Waals surface area contributed by atoms with Gasteiger partial charge < -0.3 is 0 Å². The van der Waals surface area contributed by atoms with Crippen molar-refractivity contribution in [3.05, 3.63) is 129 Å². The number of fused-ring (bicyclic) bond motifs is 2. The Balaban J connectivity index is 1.39. The molecule has 2 heterocycles. The molecule has 0 aliphatic carbocycles. The average Bonchev–Trinajstić information content (AvgIpc) is 3.04. The molecular formula is C44H49FN2+2. The van der Waals surface area contributed by atoms with Gasteiger partial charge >= 0.3 is 0 Å². The van der Waals surface area contributed by atoms with Crippen LogP contribution in [0, 0.1) is 40.4 Å². The quantitative estimate of drug-likeness (QED) is 0.156. The van der Waals surface area contributed by atoms with Gasteiger partial charge in [-0.2, -0.15) is 9.13 Å². The highest BCUT2D eigenvalue weighted by Crippen LogP contribution is 2.37. The molecule has 2 unspecified atom stereocenters. The number of halogens is 1. The smallest absolute Gasteiger partial charge is 0.206 e. The van der Waals surface area contributed by atoms with Crippen LogP contribution < -0.4 is 9.13 Å². The summed E-state index contributed by atoms with van der Waals surface area (Å²) in [5, 5.41) is 2.26. The summed E-state index contributed by atoms with van der Waals surface area (Å²) in [5.41, 5.74) is 16.5. The van der Waals surface area contributed by atoms with Gasteiger partial charge in [0, 0.05) is 46.3 Å². The van der Waals surface area contributed by atoms with Gasteiger partial charge in [-0.1, -0.05) is 62.2 Å². The number of aryl methyl sites for hydroxylation is 7. The van der Waals surface area contributed by atoms with Gasteiger partial charge in [-0.15, -0.1) is 0 Å². The Morgan fingerprint density at radius 3 is 1.98 bits per heavy atom. The van der Waals surface area contributed by atoms with Crippen LogP contribution in [0.25, 0.3) is 44.3 Å². The Morgan fingerprint density at radius 1 is 0.617 bits per heavy atom. The molecule has 3 heteroatoms. The zero-order valence-electron chi connectivity index (χ0n) is 29.8. The van der Waals surface area contributed by atoms with Crippen LogP contribution in [0.4, 0.5) is 4.39 Å². The van der Waals surface area contributed by atoms with Crippen molar-refractivity contribution in [3.8, 4) is 22.5 Å². The van der Waals surface area contributed by atoms with Crippen molar-refractivity contribution >= 4 is 21.8 Å². The highest BCUT2D eigenvalue weighted by Gasteiger charge is 2.26. The van der Waals surface area contributed by atoms with Crippen molar-refractivity contribution in [2.45, 2.75) is 80.1 Å². The average molecular weight is 625 g/mol. The summed E-state index contributed by atoms with van der Waals surface area (Å²) >= 11 is 0.